The molecule has 0 saturated carbocycles. The van der Waals surface area contributed by atoms with Crippen LogP contribution in [0.2, 0.25) is 0 Å². The molecule has 0 fully saturated rings. The Morgan fingerprint density at radius 1 is 0.739 bits per heavy atom. The van der Waals surface area contributed by atoms with Crippen molar-refractivity contribution < 1.29 is 0 Å². The van der Waals surface area contributed by atoms with Gasteiger partial charge in [-0.05, 0) is 25.1 Å². The highest BCUT2D eigenvalue weighted by molar-refractivity contribution is 6.18. The Labute approximate surface area is 136 Å². The van der Waals surface area contributed by atoms with Crippen LogP contribution >= 0.6 is 0 Å². The van der Waals surface area contributed by atoms with Gasteiger partial charge in [-0.15, -0.1) is 0 Å². The van der Waals surface area contributed by atoms with Gasteiger partial charge in [-0.25, -0.2) is 4.99 Å². The third kappa shape index (κ3) is 2.33. The van der Waals surface area contributed by atoms with Gasteiger partial charge in [-0.3, -0.25) is 0 Å². The van der Waals surface area contributed by atoms with Crippen LogP contribution in [0.25, 0.3) is 0 Å². The predicted octanol–water partition coefficient (Wildman–Crippen LogP) is 5.33. The molecule has 0 unspecified atom stereocenters. The summed E-state index contributed by atoms with van der Waals surface area (Å²) in [4.78, 5) is 7.36. The van der Waals surface area contributed by atoms with Crippen LogP contribution in [0, 0.1) is 0 Å². The van der Waals surface area contributed by atoms with Crippen LogP contribution in [0.5, 0.6) is 0 Å². The maximum absolute atomic E-state index is 5.02. The number of hydrogen-bond acceptors (Lipinski definition) is 2. The summed E-state index contributed by atoms with van der Waals surface area (Å²) in [6, 6.07) is 27.3. The van der Waals surface area contributed by atoms with Gasteiger partial charge in [0.05, 0.1) is 22.8 Å². The van der Waals surface area contributed by atoms with Crippen molar-refractivity contribution in [1.29, 1.82) is 0 Å². The largest absolute Gasteiger partial charge is 0.339 e. The Bertz CT molecular complexity index is 866. The number of para-hydroxylation sites is 3. The molecule has 0 bridgehead atoms. The Hall–Kier alpha value is -2.87. The summed E-state index contributed by atoms with van der Waals surface area (Å²) in [5.74, 6) is 0. The van der Waals surface area contributed by atoms with Gasteiger partial charge in [0.2, 0.25) is 0 Å². The van der Waals surface area contributed by atoms with E-state index in [2.05, 4.69) is 84.6 Å². The van der Waals surface area contributed by atoms with Crippen LogP contribution in [-0.4, -0.2) is 12.3 Å². The summed E-state index contributed by atoms with van der Waals surface area (Å²) in [5.41, 5.74) is 6.74. The van der Waals surface area contributed by atoms with Crippen LogP contribution in [0.3, 0.4) is 0 Å². The van der Waals surface area contributed by atoms with E-state index in [1.807, 2.05) is 6.07 Å². The molecule has 1 heterocycles. The minimum atomic E-state index is 0.908. The molecule has 23 heavy (non-hydrogen) atoms. The third-order valence-electron chi connectivity index (χ3n) is 4.22. The molecule has 112 valence electrons. The Morgan fingerprint density at radius 3 is 2.17 bits per heavy atom. The van der Waals surface area contributed by atoms with Crippen molar-refractivity contribution in [3.63, 3.8) is 0 Å². The van der Waals surface area contributed by atoms with Gasteiger partial charge < -0.3 is 4.90 Å². The van der Waals surface area contributed by atoms with Gasteiger partial charge >= 0.3 is 0 Å². The fourth-order valence-electron chi connectivity index (χ4n) is 3.16. The fourth-order valence-corrected chi connectivity index (χ4v) is 3.16. The predicted molar refractivity (Wildman–Crippen MR) is 97.3 cm³/mol. The molecule has 0 aliphatic carbocycles. The summed E-state index contributed by atoms with van der Waals surface area (Å²) >= 11 is 0. The molecule has 2 heteroatoms. The third-order valence-corrected chi connectivity index (χ3v) is 4.22. The second kappa shape index (κ2) is 5.73. The van der Waals surface area contributed by atoms with Gasteiger partial charge in [0.25, 0.3) is 0 Å². The topological polar surface area (TPSA) is 15.6 Å². The molecule has 0 saturated heterocycles. The van der Waals surface area contributed by atoms with Gasteiger partial charge in [0.1, 0.15) is 0 Å². The summed E-state index contributed by atoms with van der Waals surface area (Å²) in [6.45, 7) is 3.09. The number of rotatable bonds is 2. The Balaban J connectivity index is 2.04. The van der Waals surface area contributed by atoms with Gasteiger partial charge in [-0.1, -0.05) is 60.7 Å². The highest BCUT2D eigenvalue weighted by Crippen LogP contribution is 2.39. The molecule has 0 amide bonds. The van der Waals surface area contributed by atoms with E-state index in [-0.39, 0.29) is 0 Å². The lowest BCUT2D eigenvalue weighted by molar-refractivity contribution is 1.02. The van der Waals surface area contributed by atoms with E-state index in [1.165, 1.54) is 11.3 Å². The number of aliphatic imine (C=N–C) groups is 1. The lowest BCUT2D eigenvalue weighted by atomic mass is 10.0. The minimum absolute atomic E-state index is 0.908. The van der Waals surface area contributed by atoms with Crippen molar-refractivity contribution in [2.75, 3.05) is 11.4 Å². The van der Waals surface area contributed by atoms with Gasteiger partial charge in [0, 0.05) is 17.7 Å². The van der Waals surface area contributed by atoms with E-state index in [0.29, 0.717) is 0 Å². The van der Waals surface area contributed by atoms with Crippen molar-refractivity contribution in [2.24, 2.45) is 4.99 Å². The molecule has 0 N–H and O–H groups in total. The first-order valence-electron chi connectivity index (χ1n) is 7.98. The summed E-state index contributed by atoms with van der Waals surface area (Å²) < 4.78 is 0. The summed E-state index contributed by atoms with van der Waals surface area (Å²) in [7, 11) is 0. The van der Waals surface area contributed by atoms with Crippen LogP contribution in [0.4, 0.5) is 17.1 Å². The van der Waals surface area contributed by atoms with Crippen LogP contribution < -0.4 is 4.90 Å². The second-order valence-corrected chi connectivity index (χ2v) is 5.58. The lowest BCUT2D eigenvalue weighted by Crippen LogP contribution is -2.17. The maximum atomic E-state index is 5.02. The highest BCUT2D eigenvalue weighted by atomic mass is 15.2. The average molecular weight is 298 g/mol. The van der Waals surface area contributed by atoms with Crippen molar-refractivity contribution in [1.82, 2.24) is 0 Å². The number of benzene rings is 3. The van der Waals surface area contributed by atoms with Crippen molar-refractivity contribution in [2.45, 2.75) is 6.92 Å². The van der Waals surface area contributed by atoms with Crippen molar-refractivity contribution in [3.05, 3.63) is 90.0 Å². The van der Waals surface area contributed by atoms with Crippen LogP contribution in [-0.2, 0) is 0 Å². The first-order chi connectivity index (χ1) is 11.4. The van der Waals surface area contributed by atoms with Gasteiger partial charge in [-0.2, -0.15) is 0 Å². The van der Waals surface area contributed by atoms with E-state index in [4.69, 9.17) is 4.99 Å². The standard InChI is InChI=1S/C21H18N2/c1-2-23-19-14-8-6-12-17(19)21(16-10-4-3-5-11-16)22-18-13-7-9-15-20(18)23/h3-15H,2H2,1H3. The van der Waals surface area contributed by atoms with E-state index in [9.17, 15) is 0 Å². The zero-order chi connectivity index (χ0) is 15.6. The second-order valence-electron chi connectivity index (χ2n) is 5.58. The van der Waals surface area contributed by atoms with E-state index in [1.54, 1.807) is 0 Å². The lowest BCUT2D eigenvalue weighted by Gasteiger charge is -2.24. The SMILES string of the molecule is CCN1c2ccccc2N=C(c2ccccc2)c2ccccc21. The fraction of sp³-hybridized carbons (Fsp3) is 0.0952. The molecule has 4 rings (SSSR count). The molecule has 0 radical (unpaired) electrons. The van der Waals surface area contributed by atoms with E-state index >= 15 is 0 Å². The molecule has 0 aromatic heterocycles. The smallest absolute Gasteiger partial charge is 0.0874 e. The van der Waals surface area contributed by atoms with Crippen molar-refractivity contribution in [3.8, 4) is 0 Å². The quantitative estimate of drug-likeness (QED) is 0.624. The zero-order valence-corrected chi connectivity index (χ0v) is 13.1. The maximum Gasteiger partial charge on any atom is 0.0874 e. The number of fused-ring (bicyclic) bond motifs is 2. The molecule has 2 nitrogen and oxygen atoms in total. The van der Waals surface area contributed by atoms with Gasteiger partial charge in [0.15, 0.2) is 0 Å². The number of anilines is 2. The molecule has 0 spiro atoms. The summed E-state index contributed by atoms with van der Waals surface area (Å²) in [6.07, 6.45) is 0. The minimum Gasteiger partial charge on any atom is -0.339 e. The molecule has 1 aliphatic heterocycles. The number of nitrogens with zero attached hydrogens (tertiary/aromatic N) is 2. The zero-order valence-electron chi connectivity index (χ0n) is 13.1. The van der Waals surface area contributed by atoms with Crippen LogP contribution in [0.15, 0.2) is 83.9 Å². The molecule has 1 aliphatic rings. The normalized spacial score (nSPS) is 12.9. The Kier molecular flexibility index (Phi) is 3.43. The monoisotopic (exact) mass is 298 g/mol. The molecule has 0 atom stereocenters. The molecular weight excluding hydrogens is 280 g/mol. The number of hydrogen-bond donors (Lipinski definition) is 0. The van der Waals surface area contributed by atoms with E-state index < -0.39 is 0 Å². The highest BCUT2D eigenvalue weighted by Gasteiger charge is 2.22. The average Bonchev–Trinajstić information content (AvgIpc) is 2.76. The molecular formula is C21H18N2. The first-order valence-corrected chi connectivity index (χ1v) is 7.98. The Morgan fingerprint density at radius 2 is 1.39 bits per heavy atom. The van der Waals surface area contributed by atoms with E-state index in [0.717, 1.165) is 29.2 Å². The van der Waals surface area contributed by atoms with Crippen molar-refractivity contribution >= 4 is 22.8 Å². The first kappa shape index (κ1) is 13.8. The summed E-state index contributed by atoms with van der Waals surface area (Å²) in [5, 5.41) is 0. The van der Waals surface area contributed by atoms with Crippen LogP contribution in [0.1, 0.15) is 18.1 Å². The molecule has 3 aromatic rings. The molecule has 3 aromatic carbocycles.